The molecule has 35 heavy (non-hydrogen) atoms. The molecule has 2 heterocycles. The van der Waals surface area contributed by atoms with Crippen LogP contribution in [0.5, 0.6) is 0 Å². The van der Waals surface area contributed by atoms with Gasteiger partial charge in [-0.1, -0.05) is 84.4 Å². The third kappa shape index (κ3) is 3.77. The van der Waals surface area contributed by atoms with Crippen LogP contribution in [-0.4, -0.2) is 4.98 Å². The first-order valence-electron chi connectivity index (χ1n) is 11.8. The van der Waals surface area contributed by atoms with Crippen molar-refractivity contribution in [2.45, 2.75) is 19.3 Å². The molecule has 6 rings (SSSR count). The van der Waals surface area contributed by atoms with Crippen molar-refractivity contribution in [3.63, 3.8) is 0 Å². The molecule has 0 unspecified atom stereocenters. The normalized spacial score (nSPS) is 13.7. The van der Waals surface area contributed by atoms with Crippen LogP contribution in [0.25, 0.3) is 22.4 Å². The third-order valence-electron chi connectivity index (χ3n) is 6.98. The lowest BCUT2D eigenvalue weighted by Crippen LogP contribution is -2.30. The van der Waals surface area contributed by atoms with Gasteiger partial charge in [0.2, 0.25) is 0 Å². The Hall–Kier alpha value is -3.69. The highest BCUT2D eigenvalue weighted by molar-refractivity contribution is 9.10. The fraction of sp³-hybridized carbons (Fsp3) is 0.0938. The van der Waals surface area contributed by atoms with Gasteiger partial charge in [0.05, 0.1) is 17.1 Å². The molecule has 0 saturated heterocycles. The summed E-state index contributed by atoms with van der Waals surface area (Å²) in [5, 5.41) is 0. The number of fused-ring (bicyclic) bond motifs is 2. The summed E-state index contributed by atoms with van der Waals surface area (Å²) < 4.78 is 1.09. The van der Waals surface area contributed by atoms with Gasteiger partial charge < -0.3 is 4.90 Å². The van der Waals surface area contributed by atoms with Crippen LogP contribution in [0.15, 0.2) is 120 Å². The lowest BCUT2D eigenvalue weighted by atomic mass is 9.73. The Morgan fingerprint density at radius 2 is 1.26 bits per heavy atom. The maximum absolute atomic E-state index is 4.60. The molecule has 3 heteroatoms. The highest BCUT2D eigenvalue weighted by Gasteiger charge is 2.37. The molecule has 0 radical (unpaired) electrons. The van der Waals surface area contributed by atoms with Crippen LogP contribution in [0.1, 0.15) is 25.0 Å². The third-order valence-corrected chi connectivity index (χ3v) is 7.47. The van der Waals surface area contributed by atoms with Gasteiger partial charge in [0.25, 0.3) is 0 Å². The maximum Gasteiger partial charge on any atom is 0.0702 e. The summed E-state index contributed by atoms with van der Waals surface area (Å²) in [6.07, 6.45) is 1.85. The lowest BCUT2D eigenvalue weighted by molar-refractivity contribution is 0.631. The van der Waals surface area contributed by atoms with E-state index in [1.54, 1.807) is 0 Å². The Morgan fingerprint density at radius 1 is 0.629 bits per heavy atom. The first-order valence-corrected chi connectivity index (χ1v) is 12.6. The molecule has 0 spiro atoms. The molecule has 0 atom stereocenters. The SMILES string of the molecule is CC1(C)c2cc(Br)ccc2N(c2ccc(-c3ccccc3)cc2)c2ccc(-c3ccccn3)cc21. The zero-order chi connectivity index (χ0) is 24.0. The topological polar surface area (TPSA) is 16.1 Å². The van der Waals surface area contributed by atoms with Gasteiger partial charge >= 0.3 is 0 Å². The molecule has 2 nitrogen and oxygen atoms in total. The van der Waals surface area contributed by atoms with Gasteiger partial charge in [-0.05, 0) is 76.9 Å². The van der Waals surface area contributed by atoms with Crippen molar-refractivity contribution in [1.82, 2.24) is 4.98 Å². The molecule has 5 aromatic rings. The van der Waals surface area contributed by atoms with Crippen molar-refractivity contribution in [1.29, 1.82) is 0 Å². The predicted octanol–water partition coefficient (Wildman–Crippen LogP) is 9.29. The van der Waals surface area contributed by atoms with E-state index in [4.69, 9.17) is 0 Å². The second-order valence-corrected chi connectivity index (χ2v) is 10.4. The Bertz CT molecular complexity index is 1510. The molecule has 0 N–H and O–H groups in total. The fourth-order valence-electron chi connectivity index (χ4n) is 5.11. The quantitative estimate of drug-likeness (QED) is 0.237. The number of hydrogen-bond donors (Lipinski definition) is 0. The van der Waals surface area contributed by atoms with Crippen LogP contribution >= 0.6 is 15.9 Å². The first kappa shape index (κ1) is 21.8. The molecule has 170 valence electrons. The average molecular weight is 517 g/mol. The number of anilines is 3. The van der Waals surface area contributed by atoms with Gasteiger partial charge in [0, 0.05) is 27.3 Å². The zero-order valence-corrected chi connectivity index (χ0v) is 21.3. The molecule has 1 aliphatic rings. The minimum Gasteiger partial charge on any atom is -0.310 e. The van der Waals surface area contributed by atoms with Crippen molar-refractivity contribution in [2.75, 3.05) is 4.90 Å². The van der Waals surface area contributed by atoms with Crippen molar-refractivity contribution in [3.8, 4) is 22.4 Å². The van der Waals surface area contributed by atoms with Crippen molar-refractivity contribution >= 4 is 33.0 Å². The fourth-order valence-corrected chi connectivity index (χ4v) is 5.48. The molecular formula is C32H25BrN2. The van der Waals surface area contributed by atoms with Crippen LogP contribution in [0.4, 0.5) is 17.1 Å². The summed E-state index contributed by atoms with van der Waals surface area (Å²) in [5.74, 6) is 0. The monoisotopic (exact) mass is 516 g/mol. The molecule has 0 aliphatic carbocycles. The van der Waals surface area contributed by atoms with Crippen molar-refractivity contribution in [3.05, 3.63) is 131 Å². The van der Waals surface area contributed by atoms with Crippen molar-refractivity contribution in [2.24, 2.45) is 0 Å². The van der Waals surface area contributed by atoms with Gasteiger partial charge in [0.15, 0.2) is 0 Å². The zero-order valence-electron chi connectivity index (χ0n) is 19.7. The Morgan fingerprint density at radius 3 is 1.97 bits per heavy atom. The number of hydrogen-bond acceptors (Lipinski definition) is 2. The number of aromatic nitrogens is 1. The molecule has 4 aromatic carbocycles. The van der Waals surface area contributed by atoms with E-state index >= 15 is 0 Å². The Labute approximate surface area is 215 Å². The minimum absolute atomic E-state index is 0.167. The van der Waals surface area contributed by atoms with Gasteiger partial charge in [-0.15, -0.1) is 0 Å². The molecule has 1 aromatic heterocycles. The van der Waals surface area contributed by atoms with E-state index in [1.165, 1.54) is 33.6 Å². The standard InChI is InChI=1S/C32H25BrN2/c1-32(2)27-20-24(29-10-6-7-19-34-29)13-17-30(27)35(31-18-14-25(33)21-28(31)32)26-15-11-23(12-16-26)22-8-4-3-5-9-22/h3-21H,1-2H3. The van der Waals surface area contributed by atoms with E-state index in [0.29, 0.717) is 0 Å². The Kier molecular flexibility index (Phi) is 5.31. The second kappa shape index (κ2) is 8.51. The minimum atomic E-state index is -0.167. The summed E-state index contributed by atoms with van der Waals surface area (Å²) in [6, 6.07) is 38.8. The molecule has 1 aliphatic heterocycles. The summed E-state index contributed by atoms with van der Waals surface area (Å²) in [4.78, 5) is 6.99. The molecule has 0 fully saturated rings. The van der Waals surface area contributed by atoms with Gasteiger partial charge in [-0.25, -0.2) is 0 Å². The molecule has 0 amide bonds. The van der Waals surface area contributed by atoms with Crippen LogP contribution in [0.3, 0.4) is 0 Å². The van der Waals surface area contributed by atoms with Gasteiger partial charge in [0.1, 0.15) is 0 Å². The summed E-state index contributed by atoms with van der Waals surface area (Å²) in [5.41, 5.74) is 10.6. The predicted molar refractivity (Wildman–Crippen MR) is 150 cm³/mol. The molecule has 0 saturated carbocycles. The van der Waals surface area contributed by atoms with E-state index < -0.39 is 0 Å². The van der Waals surface area contributed by atoms with Crippen molar-refractivity contribution < 1.29 is 0 Å². The maximum atomic E-state index is 4.60. The lowest BCUT2D eigenvalue weighted by Gasteiger charge is -2.42. The molecular weight excluding hydrogens is 492 g/mol. The van der Waals surface area contributed by atoms with Crippen LogP contribution < -0.4 is 4.90 Å². The summed E-state index contributed by atoms with van der Waals surface area (Å²) in [7, 11) is 0. The summed E-state index contributed by atoms with van der Waals surface area (Å²) in [6.45, 7) is 4.63. The van der Waals surface area contributed by atoms with Gasteiger partial charge in [-0.2, -0.15) is 0 Å². The first-order chi connectivity index (χ1) is 17.0. The molecule has 0 bridgehead atoms. The number of halogens is 1. The van der Waals surface area contributed by atoms with Crippen LogP contribution in [0, 0.1) is 0 Å². The van der Waals surface area contributed by atoms with E-state index in [-0.39, 0.29) is 5.41 Å². The summed E-state index contributed by atoms with van der Waals surface area (Å²) >= 11 is 3.72. The number of rotatable bonds is 3. The van der Waals surface area contributed by atoms with E-state index in [9.17, 15) is 0 Å². The number of pyridine rings is 1. The van der Waals surface area contributed by atoms with E-state index in [0.717, 1.165) is 21.4 Å². The van der Waals surface area contributed by atoms with Crippen LogP contribution in [0.2, 0.25) is 0 Å². The second-order valence-electron chi connectivity index (χ2n) is 9.48. The number of nitrogens with zero attached hydrogens (tertiary/aromatic N) is 2. The highest BCUT2D eigenvalue weighted by Crippen LogP contribution is 2.53. The largest absolute Gasteiger partial charge is 0.310 e. The Balaban J connectivity index is 1.53. The van der Waals surface area contributed by atoms with E-state index in [2.05, 4.69) is 137 Å². The average Bonchev–Trinajstić information content (AvgIpc) is 2.90. The van der Waals surface area contributed by atoms with Gasteiger partial charge in [-0.3, -0.25) is 4.98 Å². The highest BCUT2D eigenvalue weighted by atomic mass is 79.9. The smallest absolute Gasteiger partial charge is 0.0702 e. The van der Waals surface area contributed by atoms with E-state index in [1.807, 2.05) is 18.3 Å². The number of benzene rings is 4. The van der Waals surface area contributed by atoms with Crippen LogP contribution in [-0.2, 0) is 5.41 Å².